The van der Waals surface area contributed by atoms with Gasteiger partial charge in [-0.2, -0.15) is 0 Å². The van der Waals surface area contributed by atoms with Crippen molar-refractivity contribution in [3.8, 4) is 0 Å². The molecule has 2 aromatic rings. The van der Waals surface area contributed by atoms with Gasteiger partial charge in [0.15, 0.2) is 0 Å². The Morgan fingerprint density at radius 3 is 2.53 bits per heavy atom. The first-order valence-corrected chi connectivity index (χ1v) is 6.66. The van der Waals surface area contributed by atoms with Crippen molar-refractivity contribution in [3.63, 3.8) is 0 Å². The predicted octanol–water partition coefficient (Wildman–Crippen LogP) is 3.58. The lowest BCUT2D eigenvalue weighted by atomic mass is 9.94. The van der Waals surface area contributed by atoms with Crippen LogP contribution in [0, 0.1) is 6.92 Å². The Morgan fingerprint density at radius 2 is 2.00 bits per heavy atom. The quantitative estimate of drug-likeness (QED) is 0.914. The normalized spacial score (nSPS) is 12.0. The van der Waals surface area contributed by atoms with Crippen LogP contribution in [0.15, 0.2) is 18.2 Å². The minimum Gasteiger partial charge on any atom is -0.478 e. The van der Waals surface area contributed by atoms with Crippen molar-refractivity contribution in [2.45, 2.75) is 46.1 Å². The maximum absolute atomic E-state index is 11.0. The second-order valence-corrected chi connectivity index (χ2v) is 5.21. The summed E-state index contributed by atoms with van der Waals surface area (Å²) in [6.45, 7) is 8.52. The number of imidazole rings is 1. The molecule has 0 bridgehead atoms. The molecule has 0 atom stereocenters. The van der Waals surface area contributed by atoms with E-state index < -0.39 is 5.97 Å². The third-order valence-electron chi connectivity index (χ3n) is 4.13. The van der Waals surface area contributed by atoms with Crippen LogP contribution in [0.1, 0.15) is 49.8 Å². The number of carbonyl (C=O) groups is 1. The number of benzene rings is 1. The number of carboxylic acids is 1. The first-order chi connectivity index (χ1) is 8.92. The largest absolute Gasteiger partial charge is 0.478 e. The van der Waals surface area contributed by atoms with Gasteiger partial charge >= 0.3 is 5.97 Å². The number of aryl methyl sites for hydroxylation is 1. The van der Waals surface area contributed by atoms with E-state index in [1.54, 1.807) is 12.1 Å². The van der Waals surface area contributed by atoms with Gasteiger partial charge in [-0.05, 0) is 44.9 Å². The van der Waals surface area contributed by atoms with Crippen LogP contribution in [0.25, 0.3) is 11.0 Å². The molecule has 2 rings (SSSR count). The van der Waals surface area contributed by atoms with Gasteiger partial charge in [-0.25, -0.2) is 9.78 Å². The van der Waals surface area contributed by atoms with E-state index in [-0.39, 0.29) is 11.1 Å². The van der Waals surface area contributed by atoms with Crippen molar-refractivity contribution in [1.29, 1.82) is 0 Å². The number of carboxylic acid groups (broad SMARTS) is 1. The van der Waals surface area contributed by atoms with E-state index in [4.69, 9.17) is 5.11 Å². The molecule has 0 aliphatic heterocycles. The molecule has 0 aliphatic carbocycles. The molecular formula is C15H20N2O2. The first-order valence-electron chi connectivity index (χ1n) is 6.66. The Hall–Kier alpha value is -1.84. The Labute approximate surface area is 113 Å². The number of rotatable bonds is 4. The molecule has 0 fully saturated rings. The van der Waals surface area contributed by atoms with Crippen LogP contribution < -0.4 is 0 Å². The zero-order valence-electron chi connectivity index (χ0n) is 11.9. The number of hydrogen-bond acceptors (Lipinski definition) is 2. The molecule has 4 heteroatoms. The molecule has 1 aromatic carbocycles. The molecule has 0 saturated heterocycles. The maximum Gasteiger partial charge on any atom is 0.335 e. The van der Waals surface area contributed by atoms with E-state index in [9.17, 15) is 4.79 Å². The van der Waals surface area contributed by atoms with Crippen LogP contribution >= 0.6 is 0 Å². The van der Waals surface area contributed by atoms with Crippen molar-refractivity contribution in [3.05, 3.63) is 29.6 Å². The fourth-order valence-corrected chi connectivity index (χ4v) is 2.58. The van der Waals surface area contributed by atoms with Crippen molar-refractivity contribution >= 4 is 17.0 Å². The molecule has 1 aromatic heterocycles. The summed E-state index contributed by atoms with van der Waals surface area (Å²) in [5, 5.41) is 9.04. The molecular weight excluding hydrogens is 240 g/mol. The molecule has 0 unspecified atom stereocenters. The zero-order valence-corrected chi connectivity index (χ0v) is 11.9. The van der Waals surface area contributed by atoms with Crippen molar-refractivity contribution < 1.29 is 9.90 Å². The van der Waals surface area contributed by atoms with Gasteiger partial charge in [0.25, 0.3) is 0 Å². The third kappa shape index (κ3) is 2.11. The monoisotopic (exact) mass is 260 g/mol. The minimum absolute atomic E-state index is 0.0174. The Balaban J connectivity index is 2.70. The van der Waals surface area contributed by atoms with Gasteiger partial charge in [0, 0.05) is 5.54 Å². The van der Waals surface area contributed by atoms with Gasteiger partial charge in [-0.1, -0.05) is 13.8 Å². The summed E-state index contributed by atoms with van der Waals surface area (Å²) in [5.41, 5.74) is 2.06. The fraction of sp³-hybridized carbons (Fsp3) is 0.467. The highest BCUT2D eigenvalue weighted by molar-refractivity contribution is 5.92. The minimum atomic E-state index is -0.914. The van der Waals surface area contributed by atoms with E-state index in [2.05, 4.69) is 30.3 Å². The topological polar surface area (TPSA) is 55.1 Å². The third-order valence-corrected chi connectivity index (χ3v) is 4.13. The van der Waals surface area contributed by atoms with Crippen molar-refractivity contribution in [1.82, 2.24) is 9.55 Å². The van der Waals surface area contributed by atoms with Gasteiger partial charge in [0.1, 0.15) is 5.82 Å². The number of fused-ring (bicyclic) bond motifs is 1. The summed E-state index contributed by atoms with van der Waals surface area (Å²) < 4.78 is 2.23. The summed E-state index contributed by atoms with van der Waals surface area (Å²) in [5.74, 6) is 0.0200. The summed E-state index contributed by atoms with van der Waals surface area (Å²) in [7, 11) is 0. The lowest BCUT2D eigenvalue weighted by molar-refractivity contribution is 0.0697. The molecule has 1 N–H and O–H groups in total. The zero-order chi connectivity index (χ0) is 14.2. The molecule has 0 aliphatic rings. The van der Waals surface area contributed by atoms with Gasteiger partial charge in [-0.3, -0.25) is 0 Å². The number of hydrogen-bond donors (Lipinski definition) is 1. The van der Waals surface area contributed by atoms with Crippen LogP contribution in [0.5, 0.6) is 0 Å². The lowest BCUT2D eigenvalue weighted by Crippen LogP contribution is -2.29. The number of nitrogens with zero attached hydrogens (tertiary/aromatic N) is 2. The van der Waals surface area contributed by atoms with Gasteiger partial charge in [0.2, 0.25) is 0 Å². The first kappa shape index (κ1) is 13.6. The van der Waals surface area contributed by atoms with Crippen LogP contribution in [0.3, 0.4) is 0 Å². The van der Waals surface area contributed by atoms with E-state index in [1.807, 2.05) is 13.0 Å². The lowest BCUT2D eigenvalue weighted by Gasteiger charge is -2.31. The Morgan fingerprint density at radius 1 is 1.37 bits per heavy atom. The molecule has 1 heterocycles. The van der Waals surface area contributed by atoms with Crippen molar-refractivity contribution in [2.75, 3.05) is 0 Å². The van der Waals surface area contributed by atoms with Crippen LogP contribution in [-0.4, -0.2) is 20.6 Å². The predicted molar refractivity (Wildman–Crippen MR) is 75.7 cm³/mol. The highest BCUT2D eigenvalue weighted by Crippen LogP contribution is 2.31. The Bertz CT molecular complexity index is 624. The number of aromatic carboxylic acids is 1. The second-order valence-electron chi connectivity index (χ2n) is 5.21. The summed E-state index contributed by atoms with van der Waals surface area (Å²) in [4.78, 5) is 15.5. The average Bonchev–Trinajstić information content (AvgIpc) is 2.73. The summed E-state index contributed by atoms with van der Waals surface area (Å²) >= 11 is 0. The highest BCUT2D eigenvalue weighted by Gasteiger charge is 2.26. The molecule has 19 heavy (non-hydrogen) atoms. The van der Waals surface area contributed by atoms with Gasteiger partial charge in [-0.15, -0.1) is 0 Å². The Kier molecular flexibility index (Phi) is 3.35. The van der Waals surface area contributed by atoms with E-state index in [0.717, 1.165) is 29.7 Å². The molecule has 0 spiro atoms. The fourth-order valence-electron chi connectivity index (χ4n) is 2.58. The summed E-state index contributed by atoms with van der Waals surface area (Å²) in [6, 6.07) is 5.16. The van der Waals surface area contributed by atoms with E-state index in [1.165, 1.54) is 0 Å². The van der Waals surface area contributed by atoms with Crippen LogP contribution in [0.4, 0.5) is 0 Å². The average molecular weight is 260 g/mol. The molecule has 102 valence electrons. The summed E-state index contributed by atoms with van der Waals surface area (Å²) in [6.07, 6.45) is 2.02. The van der Waals surface area contributed by atoms with E-state index >= 15 is 0 Å². The smallest absolute Gasteiger partial charge is 0.335 e. The molecule has 0 amide bonds. The second kappa shape index (κ2) is 4.68. The SMILES string of the molecule is CCC(C)(CC)n1c(C)nc2cc(C(=O)O)ccc21. The molecule has 0 radical (unpaired) electrons. The van der Waals surface area contributed by atoms with Gasteiger partial charge < -0.3 is 9.67 Å². The van der Waals surface area contributed by atoms with E-state index in [0.29, 0.717) is 0 Å². The maximum atomic E-state index is 11.0. The number of aromatic nitrogens is 2. The van der Waals surface area contributed by atoms with Crippen LogP contribution in [0.2, 0.25) is 0 Å². The molecule has 4 nitrogen and oxygen atoms in total. The van der Waals surface area contributed by atoms with Crippen molar-refractivity contribution in [2.24, 2.45) is 0 Å². The standard InChI is InChI=1S/C15H20N2O2/c1-5-15(4,6-2)17-10(3)16-12-9-11(14(18)19)7-8-13(12)17/h7-9H,5-6H2,1-4H3,(H,18,19). The van der Waals surface area contributed by atoms with Gasteiger partial charge in [0.05, 0.1) is 16.6 Å². The highest BCUT2D eigenvalue weighted by atomic mass is 16.4. The molecule has 0 saturated carbocycles. The van der Waals surface area contributed by atoms with Crippen LogP contribution in [-0.2, 0) is 5.54 Å².